The lowest BCUT2D eigenvalue weighted by Crippen LogP contribution is -2.45. The Balaban J connectivity index is 2.52. The Bertz CT molecular complexity index is 458. The topological polar surface area (TPSA) is 86.7 Å². The van der Waals surface area contributed by atoms with E-state index in [4.69, 9.17) is 5.11 Å². The van der Waals surface area contributed by atoms with Crippen molar-refractivity contribution >= 4 is 29.1 Å². The highest BCUT2D eigenvalue weighted by Gasteiger charge is 2.20. The van der Waals surface area contributed by atoms with Crippen LogP contribution in [0.3, 0.4) is 0 Å². The molecular formula is C12H16N2O4S. The van der Waals surface area contributed by atoms with Crippen molar-refractivity contribution in [3.05, 3.63) is 22.4 Å². The van der Waals surface area contributed by atoms with E-state index < -0.39 is 17.9 Å². The Morgan fingerprint density at radius 2 is 2.16 bits per heavy atom. The maximum atomic E-state index is 11.9. The first-order chi connectivity index (χ1) is 8.95. The van der Waals surface area contributed by atoms with Gasteiger partial charge in [0.05, 0.1) is 11.4 Å². The minimum absolute atomic E-state index is 0.166. The highest BCUT2D eigenvalue weighted by molar-refractivity contribution is 7.12. The van der Waals surface area contributed by atoms with Gasteiger partial charge in [-0.3, -0.25) is 9.59 Å². The van der Waals surface area contributed by atoms with E-state index in [1.54, 1.807) is 24.4 Å². The molecule has 6 nitrogen and oxygen atoms in total. The largest absolute Gasteiger partial charge is 0.480 e. The molecule has 0 aliphatic rings. The molecule has 2 amide bonds. The van der Waals surface area contributed by atoms with Gasteiger partial charge in [0.1, 0.15) is 6.04 Å². The van der Waals surface area contributed by atoms with Crippen LogP contribution >= 0.6 is 11.3 Å². The van der Waals surface area contributed by atoms with Crippen molar-refractivity contribution in [2.45, 2.75) is 19.4 Å². The van der Waals surface area contributed by atoms with Crippen molar-refractivity contribution in [3.63, 3.8) is 0 Å². The number of nitrogens with one attached hydrogen (secondary N) is 1. The van der Waals surface area contributed by atoms with Gasteiger partial charge in [-0.15, -0.1) is 11.3 Å². The van der Waals surface area contributed by atoms with E-state index in [0.29, 0.717) is 11.3 Å². The number of carboxylic acids is 1. The average Bonchev–Trinajstić information content (AvgIpc) is 2.88. The maximum Gasteiger partial charge on any atom is 0.326 e. The molecule has 7 heteroatoms. The minimum Gasteiger partial charge on any atom is -0.480 e. The van der Waals surface area contributed by atoms with Gasteiger partial charge in [0.2, 0.25) is 5.91 Å². The molecule has 0 aromatic carbocycles. The predicted molar refractivity (Wildman–Crippen MR) is 71.1 cm³/mol. The van der Waals surface area contributed by atoms with Gasteiger partial charge in [0.15, 0.2) is 0 Å². The number of carboxylic acid groups (broad SMARTS) is 1. The van der Waals surface area contributed by atoms with Gasteiger partial charge < -0.3 is 15.3 Å². The molecule has 0 aliphatic carbocycles. The zero-order valence-electron chi connectivity index (χ0n) is 10.8. The highest BCUT2D eigenvalue weighted by Crippen LogP contribution is 2.10. The van der Waals surface area contributed by atoms with Crippen LogP contribution in [0.1, 0.15) is 23.0 Å². The monoisotopic (exact) mass is 284 g/mol. The van der Waals surface area contributed by atoms with Gasteiger partial charge in [-0.2, -0.15) is 0 Å². The molecule has 0 fully saturated rings. The third-order valence-electron chi connectivity index (χ3n) is 2.50. The highest BCUT2D eigenvalue weighted by atomic mass is 32.1. The molecule has 0 unspecified atom stereocenters. The smallest absolute Gasteiger partial charge is 0.326 e. The number of nitrogens with zero attached hydrogens (tertiary/aromatic N) is 1. The molecule has 0 saturated heterocycles. The first-order valence-corrected chi connectivity index (χ1v) is 6.64. The Kier molecular flexibility index (Phi) is 5.50. The van der Waals surface area contributed by atoms with Crippen molar-refractivity contribution in [1.82, 2.24) is 10.2 Å². The average molecular weight is 284 g/mol. The quantitative estimate of drug-likeness (QED) is 0.809. The van der Waals surface area contributed by atoms with Crippen LogP contribution in [0.4, 0.5) is 0 Å². The summed E-state index contributed by atoms with van der Waals surface area (Å²) in [5.74, 6) is -1.82. The van der Waals surface area contributed by atoms with E-state index in [1.165, 1.54) is 23.3 Å². The molecule has 1 aromatic heterocycles. The molecule has 0 radical (unpaired) electrons. The van der Waals surface area contributed by atoms with Crippen molar-refractivity contribution in [2.75, 3.05) is 13.6 Å². The Labute approximate surface area is 115 Å². The van der Waals surface area contributed by atoms with Crippen LogP contribution < -0.4 is 5.32 Å². The van der Waals surface area contributed by atoms with Gasteiger partial charge in [-0.05, 0) is 17.9 Å². The standard InChI is InChI=1S/C12H16N2O4S/c1-3-8(12(17)18)13-10(15)7-14(2)11(16)9-5-4-6-19-9/h4-6,8H,3,7H2,1-2H3,(H,13,15)(H,17,18)/t8-/m0/s1. The van der Waals surface area contributed by atoms with Crippen LogP contribution in [0.15, 0.2) is 17.5 Å². The first-order valence-electron chi connectivity index (χ1n) is 5.76. The second-order valence-corrected chi connectivity index (χ2v) is 4.95. The molecule has 1 aromatic rings. The molecular weight excluding hydrogens is 268 g/mol. The van der Waals surface area contributed by atoms with Crippen molar-refractivity contribution in [1.29, 1.82) is 0 Å². The molecule has 1 rings (SSSR count). The fourth-order valence-electron chi connectivity index (χ4n) is 1.45. The van der Waals surface area contributed by atoms with E-state index in [0.717, 1.165) is 0 Å². The summed E-state index contributed by atoms with van der Waals surface area (Å²) in [5, 5.41) is 13.0. The molecule has 1 heterocycles. The molecule has 2 N–H and O–H groups in total. The lowest BCUT2D eigenvalue weighted by atomic mass is 10.2. The minimum atomic E-state index is -1.08. The number of carbonyl (C=O) groups excluding carboxylic acids is 2. The van der Waals surface area contributed by atoms with Crippen LogP contribution in [-0.4, -0.2) is 47.4 Å². The SMILES string of the molecule is CC[C@H](NC(=O)CN(C)C(=O)c1cccs1)C(=O)O. The fraction of sp³-hybridized carbons (Fsp3) is 0.417. The summed E-state index contributed by atoms with van der Waals surface area (Å²) in [6, 6.07) is 2.51. The summed E-state index contributed by atoms with van der Waals surface area (Å²) in [4.78, 5) is 36.1. The molecule has 0 bridgehead atoms. The lowest BCUT2D eigenvalue weighted by Gasteiger charge is -2.18. The summed E-state index contributed by atoms with van der Waals surface area (Å²) in [7, 11) is 1.50. The third-order valence-corrected chi connectivity index (χ3v) is 3.36. The second-order valence-electron chi connectivity index (χ2n) is 4.01. The number of likely N-dealkylation sites (N-methyl/N-ethyl adjacent to an activating group) is 1. The summed E-state index contributed by atoms with van der Waals surface area (Å²) in [6.45, 7) is 1.50. The summed E-state index contributed by atoms with van der Waals surface area (Å²) in [5.41, 5.74) is 0. The summed E-state index contributed by atoms with van der Waals surface area (Å²) < 4.78 is 0. The normalized spacial score (nSPS) is 11.7. The molecule has 0 spiro atoms. The van der Waals surface area contributed by atoms with E-state index in [-0.39, 0.29) is 12.5 Å². The predicted octanol–water partition coefficient (Wildman–Crippen LogP) is 0.799. The number of aliphatic carboxylic acids is 1. The van der Waals surface area contributed by atoms with Crippen LogP contribution in [-0.2, 0) is 9.59 Å². The van der Waals surface area contributed by atoms with Crippen LogP contribution in [0.2, 0.25) is 0 Å². The number of thiophene rings is 1. The van der Waals surface area contributed by atoms with E-state index in [2.05, 4.69) is 5.32 Å². The van der Waals surface area contributed by atoms with E-state index >= 15 is 0 Å². The van der Waals surface area contributed by atoms with Crippen LogP contribution in [0.5, 0.6) is 0 Å². The van der Waals surface area contributed by atoms with Gasteiger partial charge in [0.25, 0.3) is 5.91 Å². The van der Waals surface area contributed by atoms with Gasteiger partial charge >= 0.3 is 5.97 Å². The molecule has 0 aliphatic heterocycles. The molecule has 19 heavy (non-hydrogen) atoms. The zero-order chi connectivity index (χ0) is 14.4. The van der Waals surface area contributed by atoms with E-state index in [9.17, 15) is 14.4 Å². The van der Waals surface area contributed by atoms with Crippen molar-refractivity contribution < 1.29 is 19.5 Å². The Morgan fingerprint density at radius 1 is 1.47 bits per heavy atom. The first kappa shape index (κ1) is 15.2. The van der Waals surface area contributed by atoms with E-state index in [1.807, 2.05) is 0 Å². The maximum absolute atomic E-state index is 11.9. The zero-order valence-corrected chi connectivity index (χ0v) is 11.6. The van der Waals surface area contributed by atoms with Gasteiger partial charge in [-0.25, -0.2) is 4.79 Å². The molecule has 104 valence electrons. The Morgan fingerprint density at radius 3 is 2.63 bits per heavy atom. The fourth-order valence-corrected chi connectivity index (χ4v) is 2.17. The lowest BCUT2D eigenvalue weighted by molar-refractivity contribution is -0.141. The number of amides is 2. The number of hydrogen-bond donors (Lipinski definition) is 2. The van der Waals surface area contributed by atoms with Gasteiger partial charge in [0, 0.05) is 7.05 Å². The van der Waals surface area contributed by atoms with Crippen molar-refractivity contribution in [3.8, 4) is 0 Å². The van der Waals surface area contributed by atoms with Crippen LogP contribution in [0.25, 0.3) is 0 Å². The number of hydrogen-bond acceptors (Lipinski definition) is 4. The summed E-state index contributed by atoms with van der Waals surface area (Å²) >= 11 is 1.29. The number of carbonyl (C=O) groups is 3. The third kappa shape index (κ3) is 4.36. The van der Waals surface area contributed by atoms with Gasteiger partial charge in [-0.1, -0.05) is 13.0 Å². The second kappa shape index (κ2) is 6.89. The number of rotatable bonds is 6. The molecule has 1 atom stereocenters. The molecule has 0 saturated carbocycles. The van der Waals surface area contributed by atoms with Crippen molar-refractivity contribution in [2.24, 2.45) is 0 Å². The Hall–Kier alpha value is -1.89. The van der Waals surface area contributed by atoms with Crippen LogP contribution in [0, 0.1) is 0 Å². The summed E-state index contributed by atoms with van der Waals surface area (Å²) in [6.07, 6.45) is 0.295.